The molecule has 0 nitrogen and oxygen atoms in total. The predicted octanol–water partition coefficient (Wildman–Crippen LogP) is 3.16. The highest BCUT2D eigenvalue weighted by molar-refractivity contribution is 5.08. The highest BCUT2D eigenvalue weighted by Crippen LogP contribution is 2.19. The number of hydrogen-bond donors (Lipinski definition) is 0. The van der Waals surface area contributed by atoms with Crippen molar-refractivity contribution >= 4 is 0 Å². The first kappa shape index (κ1) is 8.48. The van der Waals surface area contributed by atoms with E-state index < -0.39 is 0 Å². The number of allylic oxidation sites excluding steroid dienone is 3. The van der Waals surface area contributed by atoms with E-state index >= 15 is 0 Å². The van der Waals surface area contributed by atoms with Gasteiger partial charge in [0, 0.05) is 5.41 Å². The van der Waals surface area contributed by atoms with Gasteiger partial charge in [-0.25, -0.2) is 0 Å². The van der Waals surface area contributed by atoms with Crippen LogP contribution in [0.25, 0.3) is 0 Å². The Morgan fingerprint density at radius 1 is 1.33 bits per heavy atom. The van der Waals surface area contributed by atoms with Crippen LogP contribution in [0.15, 0.2) is 24.3 Å². The molecule has 0 aliphatic carbocycles. The van der Waals surface area contributed by atoms with Crippen molar-refractivity contribution in [1.82, 2.24) is 0 Å². The Morgan fingerprint density at radius 3 is 1.89 bits per heavy atom. The third kappa shape index (κ3) is 4.01. The lowest BCUT2D eigenvalue weighted by atomic mass is 9.92. The molecule has 0 heteroatoms. The maximum absolute atomic E-state index is 3.74. The second-order valence-corrected chi connectivity index (χ2v) is 3.25. The molecule has 0 aliphatic rings. The van der Waals surface area contributed by atoms with Crippen molar-refractivity contribution in [3.63, 3.8) is 0 Å². The van der Waals surface area contributed by atoms with Gasteiger partial charge < -0.3 is 0 Å². The molecule has 0 saturated carbocycles. The SMILES string of the molecule is C=CC(C)(C)C=C(C)C. The Bertz CT molecular complexity index is 123. The summed E-state index contributed by atoms with van der Waals surface area (Å²) >= 11 is 0. The van der Waals surface area contributed by atoms with Gasteiger partial charge in [-0.15, -0.1) is 6.58 Å². The molecule has 0 saturated heterocycles. The summed E-state index contributed by atoms with van der Waals surface area (Å²) in [6.45, 7) is 12.2. The van der Waals surface area contributed by atoms with E-state index in [0.29, 0.717) is 0 Å². The van der Waals surface area contributed by atoms with E-state index in [1.807, 2.05) is 6.08 Å². The fourth-order valence-electron chi connectivity index (χ4n) is 0.803. The van der Waals surface area contributed by atoms with Crippen LogP contribution < -0.4 is 0 Å². The fourth-order valence-corrected chi connectivity index (χ4v) is 0.803. The van der Waals surface area contributed by atoms with Gasteiger partial charge in [0.2, 0.25) is 0 Å². The van der Waals surface area contributed by atoms with Crippen LogP contribution in [0.3, 0.4) is 0 Å². The molecule has 0 atom stereocenters. The number of hydrogen-bond acceptors (Lipinski definition) is 0. The molecule has 0 radical (unpaired) electrons. The monoisotopic (exact) mass is 124 g/mol. The molecule has 0 heterocycles. The van der Waals surface area contributed by atoms with Gasteiger partial charge in [0.1, 0.15) is 0 Å². The van der Waals surface area contributed by atoms with Crippen molar-refractivity contribution in [3.8, 4) is 0 Å². The molecular formula is C9H16. The van der Waals surface area contributed by atoms with E-state index in [1.165, 1.54) is 5.57 Å². The van der Waals surface area contributed by atoms with E-state index in [2.05, 4.69) is 40.3 Å². The molecule has 52 valence electrons. The van der Waals surface area contributed by atoms with E-state index in [9.17, 15) is 0 Å². The fraction of sp³-hybridized carbons (Fsp3) is 0.556. The molecule has 0 aromatic heterocycles. The van der Waals surface area contributed by atoms with E-state index in [0.717, 1.165) is 0 Å². The standard InChI is InChI=1S/C9H16/c1-6-9(4,5)7-8(2)3/h6-7H,1H2,2-5H3. The molecule has 0 aromatic rings. The Hall–Kier alpha value is -0.520. The maximum atomic E-state index is 3.74. The summed E-state index contributed by atoms with van der Waals surface area (Å²) in [4.78, 5) is 0. The second kappa shape index (κ2) is 2.86. The predicted molar refractivity (Wildman–Crippen MR) is 43.4 cm³/mol. The van der Waals surface area contributed by atoms with Crippen LogP contribution >= 0.6 is 0 Å². The molecule has 9 heavy (non-hydrogen) atoms. The van der Waals surface area contributed by atoms with Gasteiger partial charge in [-0.05, 0) is 13.8 Å². The van der Waals surface area contributed by atoms with Gasteiger partial charge in [0.25, 0.3) is 0 Å². The first-order valence-electron chi connectivity index (χ1n) is 3.27. The van der Waals surface area contributed by atoms with Crippen LogP contribution in [-0.4, -0.2) is 0 Å². The first-order valence-corrected chi connectivity index (χ1v) is 3.27. The summed E-state index contributed by atoms with van der Waals surface area (Å²) in [5.41, 5.74) is 1.51. The molecule has 0 fully saturated rings. The van der Waals surface area contributed by atoms with Crippen molar-refractivity contribution < 1.29 is 0 Å². The Balaban J connectivity index is 4.18. The Labute approximate surface area is 58.3 Å². The van der Waals surface area contributed by atoms with Crippen LogP contribution in [0.5, 0.6) is 0 Å². The summed E-state index contributed by atoms with van der Waals surface area (Å²) in [7, 11) is 0. The van der Waals surface area contributed by atoms with Crippen LogP contribution in [0, 0.1) is 5.41 Å². The van der Waals surface area contributed by atoms with Gasteiger partial charge in [-0.1, -0.05) is 31.6 Å². The summed E-state index contributed by atoms with van der Waals surface area (Å²) in [5, 5.41) is 0. The third-order valence-corrected chi connectivity index (χ3v) is 1.19. The highest BCUT2D eigenvalue weighted by atomic mass is 14.1. The topological polar surface area (TPSA) is 0 Å². The van der Waals surface area contributed by atoms with E-state index in [1.54, 1.807) is 0 Å². The van der Waals surface area contributed by atoms with Gasteiger partial charge >= 0.3 is 0 Å². The number of rotatable bonds is 2. The van der Waals surface area contributed by atoms with Crippen molar-refractivity contribution in [2.24, 2.45) is 5.41 Å². The molecule has 0 amide bonds. The molecule has 0 N–H and O–H groups in total. The highest BCUT2D eigenvalue weighted by Gasteiger charge is 2.06. The van der Waals surface area contributed by atoms with Gasteiger partial charge in [-0.2, -0.15) is 0 Å². The molecule has 0 unspecified atom stereocenters. The molecule has 0 aromatic carbocycles. The molecule has 0 aliphatic heterocycles. The molecule has 0 spiro atoms. The average Bonchev–Trinajstić information content (AvgIpc) is 1.63. The molecule has 0 bridgehead atoms. The van der Waals surface area contributed by atoms with Crippen LogP contribution in [0.4, 0.5) is 0 Å². The maximum Gasteiger partial charge on any atom is 0.000420 e. The summed E-state index contributed by atoms with van der Waals surface area (Å²) < 4.78 is 0. The smallest absolute Gasteiger partial charge is 0.000420 e. The minimum atomic E-state index is 0.166. The van der Waals surface area contributed by atoms with Gasteiger partial charge in [0.15, 0.2) is 0 Å². The zero-order chi connectivity index (χ0) is 7.49. The lowest BCUT2D eigenvalue weighted by Crippen LogP contribution is -2.01. The van der Waals surface area contributed by atoms with Crippen LogP contribution in [-0.2, 0) is 0 Å². The Kier molecular flexibility index (Phi) is 2.69. The van der Waals surface area contributed by atoms with Gasteiger partial charge in [-0.3, -0.25) is 0 Å². The lowest BCUT2D eigenvalue weighted by Gasteiger charge is -2.13. The minimum absolute atomic E-state index is 0.166. The van der Waals surface area contributed by atoms with Crippen molar-refractivity contribution in [2.75, 3.05) is 0 Å². The summed E-state index contributed by atoms with van der Waals surface area (Å²) in [6, 6.07) is 0. The minimum Gasteiger partial charge on any atom is -0.102 e. The first-order chi connectivity index (χ1) is 3.98. The largest absolute Gasteiger partial charge is 0.102 e. The lowest BCUT2D eigenvalue weighted by molar-refractivity contribution is 0.622. The van der Waals surface area contributed by atoms with E-state index in [-0.39, 0.29) is 5.41 Å². The van der Waals surface area contributed by atoms with Crippen LogP contribution in [0.1, 0.15) is 27.7 Å². The average molecular weight is 124 g/mol. The summed E-state index contributed by atoms with van der Waals surface area (Å²) in [6.07, 6.45) is 4.17. The zero-order valence-electron chi connectivity index (χ0n) is 6.86. The molecule has 0 rings (SSSR count). The van der Waals surface area contributed by atoms with Crippen molar-refractivity contribution in [2.45, 2.75) is 27.7 Å². The van der Waals surface area contributed by atoms with Crippen molar-refractivity contribution in [1.29, 1.82) is 0 Å². The van der Waals surface area contributed by atoms with Crippen molar-refractivity contribution in [3.05, 3.63) is 24.3 Å². The van der Waals surface area contributed by atoms with E-state index in [4.69, 9.17) is 0 Å². The molecular weight excluding hydrogens is 108 g/mol. The Morgan fingerprint density at radius 2 is 1.78 bits per heavy atom. The normalized spacial score (nSPS) is 10.7. The third-order valence-electron chi connectivity index (χ3n) is 1.19. The summed E-state index contributed by atoms with van der Waals surface area (Å²) in [5.74, 6) is 0. The quantitative estimate of drug-likeness (QED) is 0.496. The zero-order valence-corrected chi connectivity index (χ0v) is 6.86. The van der Waals surface area contributed by atoms with Crippen LogP contribution in [0.2, 0.25) is 0 Å². The van der Waals surface area contributed by atoms with Gasteiger partial charge in [0.05, 0.1) is 0 Å². The second-order valence-electron chi connectivity index (χ2n) is 3.25.